The van der Waals surface area contributed by atoms with E-state index in [0.717, 1.165) is 44.1 Å². The van der Waals surface area contributed by atoms with Crippen LogP contribution in [0.5, 0.6) is 11.5 Å². The molecule has 1 saturated carbocycles. The first-order valence-corrected chi connectivity index (χ1v) is 11.1. The molecule has 1 fully saturated rings. The molecule has 2 rings (SSSR count). The lowest BCUT2D eigenvalue weighted by Crippen LogP contribution is -2.52. The summed E-state index contributed by atoms with van der Waals surface area (Å²) in [4.78, 5) is 27.4. The molecule has 6 heteroatoms. The van der Waals surface area contributed by atoms with Gasteiger partial charge in [-0.3, -0.25) is 9.59 Å². The lowest BCUT2D eigenvalue weighted by atomic mass is 9.88. The number of aryl methyl sites for hydroxylation is 1. The molecule has 0 radical (unpaired) electrons. The maximum atomic E-state index is 13.0. The second kappa shape index (κ2) is 11.8. The summed E-state index contributed by atoms with van der Waals surface area (Å²) in [6.07, 6.45) is 6.96. The molecule has 1 aromatic rings. The third-order valence-corrected chi connectivity index (χ3v) is 5.99. The number of nitrogens with one attached hydrogen (secondary N) is 1. The molecule has 0 aromatic heterocycles. The standard InChI is InChI=1S/C24H38N2O4/c1-17(2)22(25-23(27)19-11-7-6-8-12-19)24(28)26(3)15-9-10-18-13-14-20(29-4)21(16-18)30-5/h13-14,16-17,19,22H,6-12,15H2,1-5H3,(H,25,27)/t22-/m0/s1. The molecule has 0 saturated heterocycles. The zero-order chi connectivity index (χ0) is 22.1. The third-order valence-electron chi connectivity index (χ3n) is 5.99. The third kappa shape index (κ3) is 6.64. The van der Waals surface area contributed by atoms with Gasteiger partial charge in [0.2, 0.25) is 11.8 Å². The lowest BCUT2D eigenvalue weighted by molar-refractivity contribution is -0.138. The molecule has 0 spiro atoms. The molecule has 0 bridgehead atoms. The molecule has 6 nitrogen and oxygen atoms in total. The summed E-state index contributed by atoms with van der Waals surface area (Å²) in [5.41, 5.74) is 1.14. The van der Waals surface area contributed by atoms with Crippen molar-refractivity contribution < 1.29 is 19.1 Å². The first-order valence-electron chi connectivity index (χ1n) is 11.1. The Morgan fingerprint density at radius 3 is 2.37 bits per heavy atom. The largest absolute Gasteiger partial charge is 0.493 e. The Morgan fingerprint density at radius 2 is 1.77 bits per heavy atom. The molecule has 2 amide bonds. The molecule has 168 valence electrons. The number of amides is 2. The quantitative estimate of drug-likeness (QED) is 0.627. The van der Waals surface area contributed by atoms with Crippen molar-refractivity contribution in [2.24, 2.45) is 11.8 Å². The topological polar surface area (TPSA) is 67.9 Å². The van der Waals surface area contributed by atoms with Gasteiger partial charge < -0.3 is 19.7 Å². The van der Waals surface area contributed by atoms with Crippen LogP contribution in [0.15, 0.2) is 18.2 Å². The van der Waals surface area contributed by atoms with E-state index in [0.29, 0.717) is 18.0 Å². The van der Waals surface area contributed by atoms with E-state index in [1.54, 1.807) is 19.1 Å². The molecule has 0 aliphatic heterocycles. The summed E-state index contributed by atoms with van der Waals surface area (Å²) < 4.78 is 10.6. The van der Waals surface area contributed by atoms with Crippen LogP contribution in [0.3, 0.4) is 0 Å². The van der Waals surface area contributed by atoms with Crippen molar-refractivity contribution >= 4 is 11.8 Å². The fourth-order valence-corrected chi connectivity index (χ4v) is 4.05. The average Bonchev–Trinajstić information content (AvgIpc) is 2.76. The summed E-state index contributed by atoms with van der Waals surface area (Å²) in [5.74, 6) is 1.57. The highest BCUT2D eigenvalue weighted by Gasteiger charge is 2.30. The molecule has 0 heterocycles. The Morgan fingerprint density at radius 1 is 1.10 bits per heavy atom. The number of rotatable bonds is 10. The van der Waals surface area contributed by atoms with E-state index in [1.807, 2.05) is 39.1 Å². The molecule has 30 heavy (non-hydrogen) atoms. The van der Waals surface area contributed by atoms with E-state index in [1.165, 1.54) is 6.42 Å². The Labute approximate surface area is 181 Å². The SMILES string of the molecule is COc1ccc(CCCN(C)C(=O)[C@@H](NC(=O)C2CCCCC2)C(C)C)cc1OC. The minimum atomic E-state index is -0.467. The van der Waals surface area contributed by atoms with E-state index in [4.69, 9.17) is 9.47 Å². The van der Waals surface area contributed by atoms with Gasteiger partial charge in [-0.1, -0.05) is 39.2 Å². The fourth-order valence-electron chi connectivity index (χ4n) is 4.05. The average molecular weight is 419 g/mol. The number of likely N-dealkylation sites (N-methyl/N-ethyl adjacent to an activating group) is 1. The molecule has 0 unspecified atom stereocenters. The number of methoxy groups -OCH3 is 2. The number of ether oxygens (including phenoxy) is 2. The smallest absolute Gasteiger partial charge is 0.245 e. The molecule has 1 atom stereocenters. The summed E-state index contributed by atoms with van der Waals surface area (Å²) in [6.45, 7) is 4.61. The fraction of sp³-hybridized carbons (Fsp3) is 0.667. The molecular weight excluding hydrogens is 380 g/mol. The Bertz CT molecular complexity index is 698. The molecule has 1 aliphatic carbocycles. The van der Waals surface area contributed by atoms with Gasteiger partial charge in [-0.05, 0) is 49.3 Å². The molecule has 1 aromatic carbocycles. The minimum absolute atomic E-state index is 0.0125. The maximum Gasteiger partial charge on any atom is 0.245 e. The highest BCUT2D eigenvalue weighted by atomic mass is 16.5. The first kappa shape index (κ1) is 24.0. The minimum Gasteiger partial charge on any atom is -0.493 e. The summed E-state index contributed by atoms with van der Waals surface area (Å²) >= 11 is 0. The zero-order valence-electron chi connectivity index (χ0n) is 19.2. The normalized spacial score (nSPS) is 15.5. The van der Waals surface area contributed by atoms with Crippen LogP contribution in [0.25, 0.3) is 0 Å². The highest BCUT2D eigenvalue weighted by Crippen LogP contribution is 2.28. The predicted molar refractivity (Wildman–Crippen MR) is 119 cm³/mol. The molecular formula is C24H38N2O4. The van der Waals surface area contributed by atoms with Crippen molar-refractivity contribution in [2.45, 2.75) is 64.8 Å². The number of hydrogen-bond donors (Lipinski definition) is 1. The second-order valence-electron chi connectivity index (χ2n) is 8.62. The molecule has 1 N–H and O–H groups in total. The Kier molecular flexibility index (Phi) is 9.47. The zero-order valence-corrected chi connectivity index (χ0v) is 19.2. The lowest BCUT2D eigenvalue weighted by Gasteiger charge is -2.29. The van der Waals surface area contributed by atoms with Crippen molar-refractivity contribution in [1.82, 2.24) is 10.2 Å². The maximum absolute atomic E-state index is 13.0. The first-order chi connectivity index (χ1) is 14.4. The van der Waals surface area contributed by atoms with Crippen LogP contribution in [0.1, 0.15) is 57.9 Å². The highest BCUT2D eigenvalue weighted by molar-refractivity contribution is 5.88. The van der Waals surface area contributed by atoms with E-state index in [9.17, 15) is 9.59 Å². The van der Waals surface area contributed by atoms with Gasteiger partial charge in [-0.25, -0.2) is 0 Å². The molecule has 1 aliphatic rings. The Hall–Kier alpha value is -2.24. The number of hydrogen-bond acceptors (Lipinski definition) is 4. The van der Waals surface area contributed by atoms with Gasteiger partial charge in [-0.2, -0.15) is 0 Å². The van der Waals surface area contributed by atoms with Crippen molar-refractivity contribution in [3.8, 4) is 11.5 Å². The monoisotopic (exact) mass is 418 g/mol. The van der Waals surface area contributed by atoms with E-state index in [-0.39, 0.29) is 23.7 Å². The van der Waals surface area contributed by atoms with Gasteiger partial charge >= 0.3 is 0 Å². The van der Waals surface area contributed by atoms with Crippen LogP contribution in [0.2, 0.25) is 0 Å². The number of carbonyl (C=O) groups excluding carboxylic acids is 2. The number of carbonyl (C=O) groups is 2. The van der Waals surface area contributed by atoms with Gasteiger partial charge in [0.15, 0.2) is 11.5 Å². The van der Waals surface area contributed by atoms with Crippen molar-refractivity contribution in [3.63, 3.8) is 0 Å². The predicted octanol–water partition coefficient (Wildman–Crippen LogP) is 3.82. The van der Waals surface area contributed by atoms with Crippen molar-refractivity contribution in [1.29, 1.82) is 0 Å². The van der Waals surface area contributed by atoms with Gasteiger partial charge in [0.05, 0.1) is 14.2 Å². The number of nitrogens with zero attached hydrogens (tertiary/aromatic N) is 1. The van der Waals surface area contributed by atoms with E-state index < -0.39 is 6.04 Å². The van der Waals surface area contributed by atoms with Crippen LogP contribution in [-0.4, -0.2) is 50.6 Å². The van der Waals surface area contributed by atoms with Gasteiger partial charge in [0.1, 0.15) is 6.04 Å². The van der Waals surface area contributed by atoms with Crippen LogP contribution in [0, 0.1) is 11.8 Å². The van der Waals surface area contributed by atoms with Crippen LogP contribution in [0.4, 0.5) is 0 Å². The van der Waals surface area contributed by atoms with E-state index >= 15 is 0 Å². The van der Waals surface area contributed by atoms with Crippen molar-refractivity contribution in [2.75, 3.05) is 27.8 Å². The Balaban J connectivity index is 1.88. The van der Waals surface area contributed by atoms with Crippen LogP contribution >= 0.6 is 0 Å². The summed E-state index contributed by atoms with van der Waals surface area (Å²) in [5, 5.41) is 3.04. The van der Waals surface area contributed by atoms with Gasteiger partial charge in [0, 0.05) is 19.5 Å². The van der Waals surface area contributed by atoms with Gasteiger partial charge in [-0.15, -0.1) is 0 Å². The summed E-state index contributed by atoms with van der Waals surface area (Å²) in [7, 11) is 5.07. The summed E-state index contributed by atoms with van der Waals surface area (Å²) in [6, 6.07) is 5.43. The van der Waals surface area contributed by atoms with Crippen LogP contribution in [-0.2, 0) is 16.0 Å². The van der Waals surface area contributed by atoms with E-state index in [2.05, 4.69) is 5.32 Å². The number of benzene rings is 1. The van der Waals surface area contributed by atoms with Gasteiger partial charge in [0.25, 0.3) is 0 Å². The second-order valence-corrected chi connectivity index (χ2v) is 8.62. The van der Waals surface area contributed by atoms with Crippen molar-refractivity contribution in [3.05, 3.63) is 23.8 Å². The van der Waals surface area contributed by atoms with Crippen LogP contribution < -0.4 is 14.8 Å².